The molecular formula is C28H33N5O3S. The molecule has 4 aromatic rings. The lowest BCUT2D eigenvalue weighted by Crippen LogP contribution is -2.30. The van der Waals surface area contributed by atoms with E-state index < -0.39 is 5.91 Å². The molecule has 0 saturated carbocycles. The molecular weight excluding hydrogens is 486 g/mol. The first kappa shape index (κ1) is 27.9. The molecule has 1 amide bonds. The number of hydrogen-bond acceptors (Lipinski definition) is 8. The molecule has 194 valence electrons. The average molecular weight is 520 g/mol. The monoisotopic (exact) mass is 519 g/mol. The predicted molar refractivity (Wildman–Crippen MR) is 152 cm³/mol. The largest absolute Gasteiger partial charge is 0.494 e. The number of rotatable bonds is 10. The Morgan fingerprint density at radius 2 is 1.65 bits per heavy atom. The summed E-state index contributed by atoms with van der Waals surface area (Å²) in [6.45, 7) is 4.77. The molecule has 2 aromatic carbocycles. The Labute approximate surface area is 221 Å². The van der Waals surface area contributed by atoms with Crippen LogP contribution in [0.4, 0.5) is 5.82 Å². The number of amides is 1. The van der Waals surface area contributed by atoms with Crippen molar-refractivity contribution in [2.24, 2.45) is 5.84 Å². The summed E-state index contributed by atoms with van der Waals surface area (Å²) in [6.07, 6.45) is 5.09. The summed E-state index contributed by atoms with van der Waals surface area (Å²) in [6, 6.07) is 19.5. The Kier molecular flexibility index (Phi) is 10.7. The molecule has 5 N–H and O–H groups in total. The minimum atomic E-state index is -0.402. The number of nitrogens with zero attached hydrogens (tertiary/aromatic N) is 2. The number of aliphatic hydroxyl groups excluding tert-OH is 1. The Balaban J connectivity index is 0.00000186. The Bertz CT molecular complexity index is 1300. The van der Waals surface area contributed by atoms with Crippen molar-refractivity contribution in [2.45, 2.75) is 26.7 Å². The predicted octanol–water partition coefficient (Wildman–Crippen LogP) is 5.43. The van der Waals surface area contributed by atoms with Gasteiger partial charge in [-0.25, -0.2) is 15.8 Å². The summed E-state index contributed by atoms with van der Waals surface area (Å²) in [7, 11) is 0. The van der Waals surface area contributed by atoms with Crippen LogP contribution < -0.4 is 20.7 Å². The zero-order chi connectivity index (χ0) is 26.6. The highest BCUT2D eigenvalue weighted by Crippen LogP contribution is 2.29. The van der Waals surface area contributed by atoms with Crippen LogP contribution in [0.25, 0.3) is 33.3 Å². The van der Waals surface area contributed by atoms with E-state index in [1.54, 1.807) is 12.3 Å². The molecule has 2 aromatic heterocycles. The second-order valence-corrected chi connectivity index (χ2v) is 8.41. The fraction of sp³-hybridized carbons (Fsp3) is 0.250. The molecule has 0 aliphatic carbocycles. The number of nitrogens with two attached hydrogens (primary N) is 1. The average Bonchev–Trinajstić information content (AvgIpc) is 2.96. The number of ether oxygens (including phenoxy) is 1. The van der Waals surface area contributed by atoms with Gasteiger partial charge >= 0.3 is 0 Å². The summed E-state index contributed by atoms with van der Waals surface area (Å²) in [5, 5.41) is 9.48. The Morgan fingerprint density at radius 1 is 1.00 bits per heavy atom. The number of benzene rings is 2. The highest BCUT2D eigenvalue weighted by molar-refractivity contribution is 7.99. The number of nitrogens with one attached hydrogen (secondary N) is 2. The van der Waals surface area contributed by atoms with Crippen LogP contribution in [0.15, 0.2) is 66.9 Å². The highest BCUT2D eigenvalue weighted by Gasteiger charge is 2.14. The van der Waals surface area contributed by atoms with Crippen LogP contribution in [-0.4, -0.2) is 40.5 Å². The molecule has 0 aliphatic rings. The summed E-state index contributed by atoms with van der Waals surface area (Å²) in [5.74, 6) is 6.48. The van der Waals surface area contributed by atoms with E-state index in [1.807, 2.05) is 74.7 Å². The van der Waals surface area contributed by atoms with Gasteiger partial charge in [-0.2, -0.15) is 0 Å². The van der Waals surface area contributed by atoms with Crippen LogP contribution >= 0.6 is 11.9 Å². The normalized spacial score (nSPS) is 10.4. The van der Waals surface area contributed by atoms with Crippen molar-refractivity contribution >= 4 is 34.6 Å². The van der Waals surface area contributed by atoms with Gasteiger partial charge in [0.2, 0.25) is 0 Å². The van der Waals surface area contributed by atoms with Gasteiger partial charge in [0.25, 0.3) is 5.91 Å². The number of fused-ring (bicyclic) bond motifs is 1. The van der Waals surface area contributed by atoms with E-state index in [4.69, 9.17) is 20.7 Å². The molecule has 0 aliphatic heterocycles. The quantitative estimate of drug-likeness (QED) is 0.0719. The van der Waals surface area contributed by atoms with Crippen molar-refractivity contribution in [2.75, 3.05) is 24.2 Å². The number of carbonyl (C=O) groups is 1. The molecule has 0 fully saturated rings. The second kappa shape index (κ2) is 14.2. The van der Waals surface area contributed by atoms with Gasteiger partial charge in [-0.05, 0) is 42.2 Å². The number of carbonyl (C=O) groups excluding carboxylic acids is 1. The van der Waals surface area contributed by atoms with Crippen molar-refractivity contribution in [3.63, 3.8) is 0 Å². The number of anilines is 1. The van der Waals surface area contributed by atoms with Crippen LogP contribution in [-0.2, 0) is 0 Å². The third kappa shape index (κ3) is 7.19. The van der Waals surface area contributed by atoms with Crippen LogP contribution in [0, 0.1) is 0 Å². The molecule has 4 rings (SSSR count). The van der Waals surface area contributed by atoms with Crippen molar-refractivity contribution in [3.05, 3.63) is 72.4 Å². The van der Waals surface area contributed by atoms with Crippen LogP contribution in [0.1, 0.15) is 37.0 Å². The van der Waals surface area contributed by atoms with Gasteiger partial charge in [-0.3, -0.25) is 10.2 Å². The Morgan fingerprint density at radius 3 is 2.27 bits per heavy atom. The number of aliphatic hydroxyl groups is 1. The smallest absolute Gasteiger partial charge is 0.265 e. The minimum absolute atomic E-state index is 0.183. The SMILES string of the molecule is CC.CSNc1cc2nc(-c3ccc(-c4ccc(OCCCCO)cc4)cc3)cc(C(=O)NN)c2cn1. The van der Waals surface area contributed by atoms with E-state index in [0.29, 0.717) is 34.6 Å². The van der Waals surface area contributed by atoms with E-state index in [0.717, 1.165) is 35.3 Å². The van der Waals surface area contributed by atoms with Gasteiger partial charge in [0, 0.05) is 36.1 Å². The van der Waals surface area contributed by atoms with E-state index in [2.05, 4.69) is 15.1 Å². The minimum Gasteiger partial charge on any atom is -0.494 e. The number of nitrogen functional groups attached to an aromatic ring is 1. The third-order valence-corrected chi connectivity index (χ3v) is 5.88. The molecule has 0 radical (unpaired) electrons. The zero-order valence-corrected chi connectivity index (χ0v) is 22.1. The number of pyridine rings is 2. The van der Waals surface area contributed by atoms with Crippen LogP contribution in [0.5, 0.6) is 5.75 Å². The highest BCUT2D eigenvalue weighted by atomic mass is 32.2. The molecule has 0 saturated heterocycles. The van der Waals surface area contributed by atoms with Gasteiger partial charge in [0.1, 0.15) is 11.6 Å². The van der Waals surface area contributed by atoms with Crippen molar-refractivity contribution in [3.8, 4) is 28.1 Å². The van der Waals surface area contributed by atoms with Crippen LogP contribution in [0.2, 0.25) is 0 Å². The fourth-order valence-electron chi connectivity index (χ4n) is 3.68. The molecule has 37 heavy (non-hydrogen) atoms. The number of aromatic nitrogens is 2. The maximum atomic E-state index is 12.5. The fourth-order valence-corrected chi connectivity index (χ4v) is 4.00. The number of hydrazine groups is 1. The maximum absolute atomic E-state index is 12.5. The Hall–Kier alpha value is -3.66. The van der Waals surface area contributed by atoms with Crippen molar-refractivity contribution in [1.29, 1.82) is 0 Å². The standard InChI is InChI=1S/C26H27N5O3S.C2H6/c1-35-31-25-15-24-22(16-28-25)21(26(33)30-27)14-23(29-24)19-6-4-17(5-7-19)18-8-10-20(11-9-18)34-13-3-2-12-32;1-2/h4-11,14-16,32H,2-3,12-13,27H2,1H3,(H,28,31)(H,30,33);1-2H3. The molecule has 0 atom stereocenters. The first-order valence-corrected chi connectivity index (χ1v) is 13.4. The van der Waals surface area contributed by atoms with E-state index in [9.17, 15) is 4.79 Å². The van der Waals surface area contributed by atoms with Crippen molar-refractivity contribution < 1.29 is 14.6 Å². The van der Waals surface area contributed by atoms with Gasteiger partial charge in [-0.1, -0.05) is 62.2 Å². The van der Waals surface area contributed by atoms with Gasteiger partial charge in [0.15, 0.2) is 0 Å². The van der Waals surface area contributed by atoms with Crippen molar-refractivity contribution in [1.82, 2.24) is 15.4 Å². The van der Waals surface area contributed by atoms with Gasteiger partial charge in [-0.15, -0.1) is 0 Å². The van der Waals surface area contributed by atoms with E-state index in [1.165, 1.54) is 11.9 Å². The van der Waals surface area contributed by atoms with Gasteiger partial charge < -0.3 is 14.6 Å². The molecule has 0 spiro atoms. The molecule has 2 heterocycles. The first-order chi connectivity index (χ1) is 18.1. The van der Waals surface area contributed by atoms with Gasteiger partial charge in [0.05, 0.1) is 23.4 Å². The molecule has 0 bridgehead atoms. The number of hydrogen-bond donors (Lipinski definition) is 4. The molecule has 8 nitrogen and oxygen atoms in total. The first-order valence-electron chi connectivity index (χ1n) is 12.2. The summed E-state index contributed by atoms with van der Waals surface area (Å²) >= 11 is 1.43. The summed E-state index contributed by atoms with van der Waals surface area (Å²) < 4.78 is 8.79. The summed E-state index contributed by atoms with van der Waals surface area (Å²) in [5.41, 5.74) is 6.92. The van der Waals surface area contributed by atoms with E-state index in [-0.39, 0.29) is 6.61 Å². The van der Waals surface area contributed by atoms with Crippen LogP contribution in [0.3, 0.4) is 0 Å². The maximum Gasteiger partial charge on any atom is 0.265 e. The third-order valence-electron chi connectivity index (χ3n) is 5.47. The second-order valence-electron chi connectivity index (χ2n) is 7.80. The lowest BCUT2D eigenvalue weighted by atomic mass is 10.0. The summed E-state index contributed by atoms with van der Waals surface area (Å²) in [4.78, 5) is 21.6. The molecule has 9 heteroatoms. The zero-order valence-electron chi connectivity index (χ0n) is 21.3. The number of unbranched alkanes of at least 4 members (excludes halogenated alkanes) is 1. The van der Waals surface area contributed by atoms with E-state index >= 15 is 0 Å². The lowest BCUT2D eigenvalue weighted by molar-refractivity contribution is 0.0955. The topological polar surface area (TPSA) is 122 Å². The lowest BCUT2D eigenvalue weighted by Gasteiger charge is -2.11. The molecule has 0 unspecified atom stereocenters.